The molecule has 1 heterocycles. The SMILES string of the molecule is CC1(C)[C@@H]2CC[C@]1(C)c1nc(SCC(=O)Nc3cccc(C(F)(F)F)c3)nnc12. The lowest BCUT2D eigenvalue weighted by atomic mass is 9.70. The second-order valence-electron chi connectivity index (χ2n) is 8.39. The number of hydrogen-bond acceptors (Lipinski definition) is 5. The van der Waals surface area contributed by atoms with Crippen molar-refractivity contribution in [3.05, 3.63) is 41.2 Å². The molecule has 0 unspecified atom stereocenters. The molecule has 1 fully saturated rings. The first-order valence-electron chi connectivity index (χ1n) is 9.37. The Morgan fingerprint density at radius 1 is 1.28 bits per heavy atom. The second-order valence-corrected chi connectivity index (χ2v) is 9.33. The fourth-order valence-electron chi connectivity index (χ4n) is 4.52. The molecule has 29 heavy (non-hydrogen) atoms. The Morgan fingerprint density at radius 2 is 2.03 bits per heavy atom. The van der Waals surface area contributed by atoms with Gasteiger partial charge in [-0.2, -0.15) is 18.3 Å². The number of aromatic nitrogens is 3. The number of nitrogens with zero attached hydrogens (tertiary/aromatic N) is 3. The van der Waals surface area contributed by atoms with Crippen LogP contribution in [0.25, 0.3) is 0 Å². The molecule has 2 bridgehead atoms. The Hall–Kier alpha value is -2.16. The number of anilines is 1. The molecule has 9 heteroatoms. The highest BCUT2D eigenvalue weighted by molar-refractivity contribution is 7.99. The van der Waals surface area contributed by atoms with Crippen molar-refractivity contribution in [2.24, 2.45) is 5.41 Å². The van der Waals surface area contributed by atoms with Crippen molar-refractivity contribution >= 4 is 23.4 Å². The summed E-state index contributed by atoms with van der Waals surface area (Å²) in [6.45, 7) is 6.69. The fourth-order valence-corrected chi connectivity index (χ4v) is 5.11. The number of alkyl halides is 3. The third-order valence-corrected chi connectivity index (χ3v) is 7.42. The first-order chi connectivity index (χ1) is 13.5. The van der Waals surface area contributed by atoms with Crippen LogP contribution in [0.5, 0.6) is 0 Å². The summed E-state index contributed by atoms with van der Waals surface area (Å²) in [4.78, 5) is 16.9. The highest BCUT2D eigenvalue weighted by Gasteiger charge is 2.61. The van der Waals surface area contributed by atoms with Crippen LogP contribution in [0.3, 0.4) is 0 Å². The second kappa shape index (κ2) is 6.68. The van der Waals surface area contributed by atoms with Crippen LogP contribution in [0.2, 0.25) is 0 Å². The number of amides is 1. The Labute approximate surface area is 170 Å². The number of benzene rings is 1. The van der Waals surface area contributed by atoms with E-state index < -0.39 is 17.6 Å². The van der Waals surface area contributed by atoms with E-state index >= 15 is 0 Å². The first kappa shape index (κ1) is 20.1. The summed E-state index contributed by atoms with van der Waals surface area (Å²) in [6, 6.07) is 4.56. The molecular formula is C20H21F3N4OS. The summed E-state index contributed by atoms with van der Waals surface area (Å²) in [7, 11) is 0. The van der Waals surface area contributed by atoms with Gasteiger partial charge in [0.15, 0.2) is 0 Å². The quantitative estimate of drug-likeness (QED) is 0.717. The fraction of sp³-hybridized carbons (Fsp3) is 0.500. The van der Waals surface area contributed by atoms with Gasteiger partial charge < -0.3 is 5.32 Å². The molecule has 1 aromatic carbocycles. The van der Waals surface area contributed by atoms with E-state index in [2.05, 4.69) is 41.3 Å². The molecular weight excluding hydrogens is 401 g/mol. The minimum absolute atomic E-state index is 0.0136. The molecule has 1 N–H and O–H groups in total. The minimum Gasteiger partial charge on any atom is -0.325 e. The average molecular weight is 422 g/mol. The van der Waals surface area contributed by atoms with Gasteiger partial charge in [-0.25, -0.2) is 4.98 Å². The Bertz CT molecular complexity index is 978. The number of halogens is 3. The molecule has 2 atom stereocenters. The lowest BCUT2D eigenvalue weighted by molar-refractivity contribution is -0.137. The van der Waals surface area contributed by atoms with Gasteiger partial charge in [-0.1, -0.05) is 38.6 Å². The van der Waals surface area contributed by atoms with Crippen LogP contribution >= 0.6 is 11.8 Å². The third kappa shape index (κ3) is 3.29. The van der Waals surface area contributed by atoms with Gasteiger partial charge in [0.2, 0.25) is 11.1 Å². The highest BCUT2D eigenvalue weighted by atomic mass is 32.2. The molecule has 1 saturated carbocycles. The maximum Gasteiger partial charge on any atom is 0.416 e. The van der Waals surface area contributed by atoms with E-state index in [-0.39, 0.29) is 22.3 Å². The summed E-state index contributed by atoms with van der Waals surface area (Å²) in [5, 5.41) is 11.5. The van der Waals surface area contributed by atoms with Crippen molar-refractivity contribution in [1.29, 1.82) is 0 Å². The molecule has 0 aliphatic heterocycles. The van der Waals surface area contributed by atoms with Crippen molar-refractivity contribution < 1.29 is 18.0 Å². The van der Waals surface area contributed by atoms with Crippen molar-refractivity contribution in [3.8, 4) is 0 Å². The van der Waals surface area contributed by atoms with Crippen LogP contribution in [0.1, 0.15) is 56.5 Å². The van der Waals surface area contributed by atoms with Crippen LogP contribution in [0.4, 0.5) is 18.9 Å². The Kier molecular flexibility index (Phi) is 4.64. The standard InChI is InChI=1S/C20H21F3N4OS/c1-18(2)13-7-8-19(18,3)16-15(13)26-27-17(25-16)29-10-14(28)24-12-6-4-5-11(9-12)20(21,22)23/h4-6,9,13H,7-8,10H2,1-3H3,(H,24,28)/t13-,19-/m1/s1. The molecule has 1 amide bonds. The van der Waals surface area contributed by atoms with E-state index in [0.717, 1.165) is 48.1 Å². The number of hydrogen-bond donors (Lipinski definition) is 1. The molecule has 0 spiro atoms. The van der Waals surface area contributed by atoms with E-state index in [9.17, 15) is 18.0 Å². The first-order valence-corrected chi connectivity index (χ1v) is 10.4. The third-order valence-electron chi connectivity index (χ3n) is 6.58. The summed E-state index contributed by atoms with van der Waals surface area (Å²) in [5.74, 6) is -0.0856. The molecule has 154 valence electrons. The van der Waals surface area contributed by atoms with Gasteiger partial charge in [0.05, 0.1) is 22.7 Å². The van der Waals surface area contributed by atoms with Gasteiger partial charge in [0.25, 0.3) is 0 Å². The number of nitrogens with one attached hydrogen (secondary N) is 1. The van der Waals surface area contributed by atoms with Crippen LogP contribution in [-0.4, -0.2) is 26.8 Å². The van der Waals surface area contributed by atoms with E-state index in [0.29, 0.717) is 11.1 Å². The molecule has 5 nitrogen and oxygen atoms in total. The van der Waals surface area contributed by atoms with Crippen LogP contribution in [0.15, 0.2) is 29.4 Å². The maximum atomic E-state index is 12.8. The topological polar surface area (TPSA) is 67.8 Å². The largest absolute Gasteiger partial charge is 0.416 e. The molecule has 4 rings (SSSR count). The van der Waals surface area contributed by atoms with Crippen LogP contribution in [0, 0.1) is 5.41 Å². The molecule has 0 radical (unpaired) electrons. The normalized spacial score (nSPS) is 24.4. The predicted molar refractivity (Wildman–Crippen MR) is 104 cm³/mol. The number of thioether (sulfide) groups is 1. The maximum absolute atomic E-state index is 12.8. The molecule has 2 aromatic rings. The van der Waals surface area contributed by atoms with E-state index in [1.54, 1.807) is 0 Å². The molecule has 1 aromatic heterocycles. The lowest BCUT2D eigenvalue weighted by Gasteiger charge is -2.33. The predicted octanol–water partition coefficient (Wildman–Crippen LogP) is 4.80. The number of carbonyl (C=O) groups is 1. The number of rotatable bonds is 4. The van der Waals surface area contributed by atoms with Crippen LogP contribution < -0.4 is 5.32 Å². The van der Waals surface area contributed by atoms with Gasteiger partial charge in [0.1, 0.15) is 0 Å². The summed E-state index contributed by atoms with van der Waals surface area (Å²) < 4.78 is 38.4. The van der Waals surface area contributed by atoms with E-state index in [4.69, 9.17) is 0 Å². The van der Waals surface area contributed by atoms with Crippen molar-refractivity contribution in [2.75, 3.05) is 11.1 Å². The zero-order valence-corrected chi connectivity index (χ0v) is 17.1. The highest BCUT2D eigenvalue weighted by Crippen LogP contribution is 2.66. The van der Waals surface area contributed by atoms with Gasteiger partial charge in [-0.3, -0.25) is 4.79 Å². The van der Waals surface area contributed by atoms with E-state index in [1.807, 2.05) is 0 Å². The zero-order chi connectivity index (χ0) is 21.0. The molecule has 2 aliphatic rings. The monoisotopic (exact) mass is 422 g/mol. The zero-order valence-electron chi connectivity index (χ0n) is 16.3. The Balaban J connectivity index is 1.43. The summed E-state index contributed by atoms with van der Waals surface area (Å²) >= 11 is 1.13. The van der Waals surface area contributed by atoms with Crippen LogP contribution in [-0.2, 0) is 16.4 Å². The minimum atomic E-state index is -4.46. The van der Waals surface area contributed by atoms with Crippen molar-refractivity contribution in [2.45, 2.75) is 56.3 Å². The smallest absolute Gasteiger partial charge is 0.325 e. The summed E-state index contributed by atoms with van der Waals surface area (Å²) in [6.07, 6.45) is -2.32. The van der Waals surface area contributed by atoms with E-state index in [1.165, 1.54) is 12.1 Å². The van der Waals surface area contributed by atoms with Gasteiger partial charge in [-0.15, -0.1) is 5.10 Å². The molecule has 2 aliphatic carbocycles. The van der Waals surface area contributed by atoms with Gasteiger partial charge >= 0.3 is 6.18 Å². The Morgan fingerprint density at radius 3 is 2.76 bits per heavy atom. The van der Waals surface area contributed by atoms with Crippen molar-refractivity contribution in [3.63, 3.8) is 0 Å². The summed E-state index contributed by atoms with van der Waals surface area (Å²) in [5.41, 5.74) is 1.24. The molecule has 0 saturated heterocycles. The van der Waals surface area contributed by atoms with Gasteiger partial charge in [0, 0.05) is 17.0 Å². The van der Waals surface area contributed by atoms with Gasteiger partial charge in [-0.05, 0) is 36.5 Å². The van der Waals surface area contributed by atoms with Crippen molar-refractivity contribution in [1.82, 2.24) is 15.2 Å². The number of carbonyl (C=O) groups excluding carboxylic acids is 1. The average Bonchev–Trinajstić information content (AvgIpc) is 2.98. The number of fused-ring (bicyclic) bond motifs is 5. The lowest BCUT2D eigenvalue weighted by Crippen LogP contribution is -2.32.